The summed E-state index contributed by atoms with van der Waals surface area (Å²) in [7, 11) is -3.28. The molecule has 0 aliphatic rings. The molecule has 0 spiro atoms. The Labute approximate surface area is 59.4 Å². The standard InChI is InChI=1S/C4H9NO4P/c1-4(8-3-5)9-10(2,6)7/h4,6-7H,1-2H3/q+1. The molecular formula is C4H9NO4P+. The van der Waals surface area contributed by atoms with Gasteiger partial charge in [0.05, 0.1) is 0 Å². The number of hydrogen-bond donors (Lipinski definition) is 2. The van der Waals surface area contributed by atoms with Crippen molar-refractivity contribution in [3.05, 3.63) is 0 Å². The molecule has 0 amide bonds. The smallest absolute Gasteiger partial charge is 0.391 e. The maximum absolute atomic E-state index is 8.67. The van der Waals surface area contributed by atoms with Gasteiger partial charge >= 0.3 is 7.94 Å². The van der Waals surface area contributed by atoms with Crippen LogP contribution in [0.2, 0.25) is 0 Å². The highest BCUT2D eigenvalue weighted by Gasteiger charge is 2.31. The van der Waals surface area contributed by atoms with E-state index >= 15 is 0 Å². The summed E-state index contributed by atoms with van der Waals surface area (Å²) in [4.78, 5) is 17.3. The first-order chi connectivity index (χ1) is 4.45. The highest BCUT2D eigenvalue weighted by Crippen LogP contribution is 2.47. The van der Waals surface area contributed by atoms with Crippen LogP contribution in [0.15, 0.2) is 0 Å². The second-order valence-electron chi connectivity index (χ2n) is 1.72. The topological polar surface area (TPSA) is 82.7 Å². The van der Waals surface area contributed by atoms with Gasteiger partial charge in [-0.3, -0.25) is 0 Å². The molecule has 0 bridgehead atoms. The molecule has 0 fully saturated rings. The first kappa shape index (κ1) is 9.60. The maximum Gasteiger partial charge on any atom is 0.406 e. The summed E-state index contributed by atoms with van der Waals surface area (Å²) < 4.78 is 8.66. The van der Waals surface area contributed by atoms with E-state index in [1.54, 1.807) is 0 Å². The van der Waals surface area contributed by atoms with E-state index in [1.807, 2.05) is 0 Å². The van der Waals surface area contributed by atoms with Crippen molar-refractivity contribution >= 4 is 7.94 Å². The van der Waals surface area contributed by atoms with E-state index in [0.29, 0.717) is 0 Å². The van der Waals surface area contributed by atoms with Gasteiger partial charge in [0.2, 0.25) is 0 Å². The highest BCUT2D eigenvalue weighted by atomic mass is 31.2. The Hall–Kier alpha value is -0.400. The van der Waals surface area contributed by atoms with E-state index in [0.717, 1.165) is 6.66 Å². The summed E-state index contributed by atoms with van der Waals surface area (Å²) in [6.07, 6.45) is 0.456. The van der Waals surface area contributed by atoms with Gasteiger partial charge in [0.1, 0.15) is 6.66 Å². The molecule has 5 nitrogen and oxygen atoms in total. The van der Waals surface area contributed by atoms with Crippen LogP contribution < -0.4 is 0 Å². The fraction of sp³-hybridized carbons (Fsp3) is 0.750. The number of hydrogen-bond acceptors (Lipinski definition) is 5. The Morgan fingerprint density at radius 3 is 2.40 bits per heavy atom. The van der Waals surface area contributed by atoms with E-state index in [4.69, 9.17) is 15.0 Å². The third-order valence-electron chi connectivity index (χ3n) is 0.567. The van der Waals surface area contributed by atoms with Crippen LogP contribution in [0, 0.1) is 11.5 Å². The van der Waals surface area contributed by atoms with Crippen LogP contribution in [0.25, 0.3) is 0 Å². The minimum Gasteiger partial charge on any atom is -0.391 e. The molecule has 0 aliphatic heterocycles. The van der Waals surface area contributed by atoms with Gasteiger partial charge in [0.15, 0.2) is 0 Å². The Morgan fingerprint density at radius 2 is 2.10 bits per heavy atom. The Bertz CT molecular complexity index is 137. The lowest BCUT2D eigenvalue weighted by molar-refractivity contribution is -0.0171. The molecule has 0 aliphatic carbocycles. The van der Waals surface area contributed by atoms with Crippen molar-refractivity contribution in [2.45, 2.75) is 13.2 Å². The molecule has 0 radical (unpaired) electrons. The molecule has 6 heteroatoms. The highest BCUT2D eigenvalue weighted by molar-refractivity contribution is 7.58. The minimum atomic E-state index is -3.28. The predicted octanol–water partition coefficient (Wildman–Crippen LogP) is 0.224. The summed E-state index contributed by atoms with van der Waals surface area (Å²) in [5, 5.41) is 7.93. The van der Waals surface area contributed by atoms with E-state index in [-0.39, 0.29) is 0 Å². The monoisotopic (exact) mass is 166 g/mol. The van der Waals surface area contributed by atoms with Gasteiger partial charge in [0.25, 0.3) is 12.5 Å². The van der Waals surface area contributed by atoms with Gasteiger partial charge in [-0.25, -0.2) is 0 Å². The third kappa shape index (κ3) is 5.73. The largest absolute Gasteiger partial charge is 0.406 e. The van der Waals surface area contributed by atoms with Crippen LogP contribution in [0.5, 0.6) is 0 Å². The van der Waals surface area contributed by atoms with Crippen molar-refractivity contribution in [3.8, 4) is 6.26 Å². The summed E-state index contributed by atoms with van der Waals surface area (Å²) in [5.74, 6) is 0. The predicted molar refractivity (Wildman–Crippen MR) is 34.5 cm³/mol. The quantitative estimate of drug-likeness (QED) is 0.356. The molecule has 0 saturated heterocycles. The van der Waals surface area contributed by atoms with Gasteiger partial charge in [-0.15, -0.1) is 4.52 Å². The van der Waals surface area contributed by atoms with Crippen LogP contribution in [0.4, 0.5) is 0 Å². The molecule has 0 heterocycles. The molecule has 10 heavy (non-hydrogen) atoms. The van der Waals surface area contributed by atoms with Crippen molar-refractivity contribution in [2.24, 2.45) is 0 Å². The molecule has 58 valence electrons. The van der Waals surface area contributed by atoms with Gasteiger partial charge < -0.3 is 4.74 Å². The zero-order valence-corrected chi connectivity index (χ0v) is 6.58. The molecular weight excluding hydrogens is 157 g/mol. The number of rotatable bonds is 3. The molecule has 0 aromatic carbocycles. The molecule has 0 aromatic rings. The Kier molecular flexibility index (Phi) is 3.54. The Morgan fingerprint density at radius 1 is 1.60 bits per heavy atom. The second kappa shape index (κ2) is 3.69. The summed E-state index contributed by atoms with van der Waals surface area (Å²) in [6.45, 7) is 2.53. The molecule has 0 rings (SSSR count). The van der Waals surface area contributed by atoms with Crippen molar-refractivity contribution in [1.29, 1.82) is 5.26 Å². The average Bonchev–Trinajstić information content (AvgIpc) is 1.59. The lowest BCUT2D eigenvalue weighted by Crippen LogP contribution is -2.10. The lowest BCUT2D eigenvalue weighted by Gasteiger charge is -2.09. The van der Waals surface area contributed by atoms with Crippen LogP contribution in [0.3, 0.4) is 0 Å². The van der Waals surface area contributed by atoms with E-state index in [2.05, 4.69) is 9.26 Å². The molecule has 0 saturated carbocycles. The summed E-state index contributed by atoms with van der Waals surface area (Å²) in [6, 6.07) is 0. The normalized spacial score (nSPS) is 13.9. The number of nitriles is 1. The van der Waals surface area contributed by atoms with Crippen molar-refractivity contribution in [1.82, 2.24) is 0 Å². The van der Waals surface area contributed by atoms with Crippen LogP contribution >= 0.6 is 7.94 Å². The van der Waals surface area contributed by atoms with Crippen molar-refractivity contribution in [3.63, 3.8) is 0 Å². The fourth-order valence-electron chi connectivity index (χ4n) is 0.377. The van der Waals surface area contributed by atoms with E-state index in [9.17, 15) is 0 Å². The maximum atomic E-state index is 8.67. The van der Waals surface area contributed by atoms with Crippen LogP contribution in [-0.2, 0) is 9.26 Å². The lowest BCUT2D eigenvalue weighted by atomic mass is 10.8. The molecule has 1 unspecified atom stereocenters. The van der Waals surface area contributed by atoms with Crippen molar-refractivity contribution < 1.29 is 19.0 Å². The minimum absolute atomic E-state index is 0.904. The third-order valence-corrected chi connectivity index (χ3v) is 1.26. The van der Waals surface area contributed by atoms with Crippen LogP contribution in [-0.4, -0.2) is 22.7 Å². The SMILES string of the molecule is CC(OC#N)O[P+](C)(O)O. The first-order valence-electron chi connectivity index (χ1n) is 2.51. The fourth-order valence-corrected chi connectivity index (χ4v) is 0.982. The summed E-state index contributed by atoms with van der Waals surface area (Å²) in [5.41, 5.74) is 0. The van der Waals surface area contributed by atoms with Gasteiger partial charge in [-0.1, -0.05) is 0 Å². The first-order valence-corrected chi connectivity index (χ1v) is 4.57. The van der Waals surface area contributed by atoms with Gasteiger partial charge in [-0.05, 0) is 0 Å². The van der Waals surface area contributed by atoms with Crippen LogP contribution in [0.1, 0.15) is 6.92 Å². The molecule has 2 N–H and O–H groups in total. The number of nitrogens with zero attached hydrogens (tertiary/aromatic N) is 1. The Balaban J connectivity index is 3.60. The van der Waals surface area contributed by atoms with E-state index in [1.165, 1.54) is 13.2 Å². The molecule has 0 aromatic heterocycles. The molecule has 1 atom stereocenters. The van der Waals surface area contributed by atoms with E-state index < -0.39 is 14.2 Å². The second-order valence-corrected chi connectivity index (χ2v) is 3.60. The van der Waals surface area contributed by atoms with Crippen molar-refractivity contribution in [2.75, 3.05) is 6.66 Å². The zero-order valence-electron chi connectivity index (χ0n) is 5.68. The zero-order chi connectivity index (χ0) is 8.20. The summed E-state index contributed by atoms with van der Waals surface area (Å²) >= 11 is 0. The number of ether oxygens (including phenoxy) is 1. The van der Waals surface area contributed by atoms with Gasteiger partial charge in [-0.2, -0.15) is 15.0 Å². The average molecular weight is 166 g/mol. The van der Waals surface area contributed by atoms with Gasteiger partial charge in [0, 0.05) is 6.92 Å².